The summed E-state index contributed by atoms with van der Waals surface area (Å²) in [6, 6.07) is 7.85. The molecule has 82 valence electrons. The van der Waals surface area contributed by atoms with Crippen molar-refractivity contribution in [1.82, 2.24) is 0 Å². The monoisotopic (exact) mass is 205 g/mol. The quantitative estimate of drug-likeness (QED) is 0.806. The maximum Gasteiger partial charge on any atom is 0.227 e. The summed E-state index contributed by atoms with van der Waals surface area (Å²) in [7, 11) is 0. The molecule has 2 heteroatoms. The molecule has 0 aliphatic carbocycles. The summed E-state index contributed by atoms with van der Waals surface area (Å²) in [5.41, 5.74) is 2.07. The van der Waals surface area contributed by atoms with E-state index < -0.39 is 0 Å². The van der Waals surface area contributed by atoms with Crippen LogP contribution in [0.25, 0.3) is 0 Å². The van der Waals surface area contributed by atoms with Gasteiger partial charge < -0.3 is 5.32 Å². The molecule has 0 bridgehead atoms. The minimum Gasteiger partial charge on any atom is -0.326 e. The third kappa shape index (κ3) is 3.39. The third-order valence-corrected chi connectivity index (χ3v) is 2.73. The fraction of sp³-hybridized carbons (Fsp3) is 0.462. The van der Waals surface area contributed by atoms with E-state index in [-0.39, 0.29) is 11.8 Å². The standard InChI is InChI=1S/C13H19NO/c1-9(2)11(4)13(15)14-12-7-5-10(3)6-8-12/h5-9,11H,1-4H3,(H,14,15). The van der Waals surface area contributed by atoms with Crippen LogP contribution >= 0.6 is 0 Å². The van der Waals surface area contributed by atoms with E-state index in [1.807, 2.05) is 38.1 Å². The number of amides is 1. The fourth-order valence-corrected chi connectivity index (χ4v) is 1.20. The maximum atomic E-state index is 11.7. The van der Waals surface area contributed by atoms with Gasteiger partial charge in [0.2, 0.25) is 5.91 Å². The summed E-state index contributed by atoms with van der Waals surface area (Å²) in [4.78, 5) is 11.7. The van der Waals surface area contributed by atoms with E-state index in [9.17, 15) is 4.79 Å². The Morgan fingerprint density at radius 2 is 1.67 bits per heavy atom. The first-order chi connectivity index (χ1) is 7.00. The van der Waals surface area contributed by atoms with Crippen LogP contribution in [0, 0.1) is 18.8 Å². The van der Waals surface area contributed by atoms with Crippen molar-refractivity contribution in [2.24, 2.45) is 11.8 Å². The summed E-state index contributed by atoms with van der Waals surface area (Å²) >= 11 is 0. The highest BCUT2D eigenvalue weighted by Gasteiger charge is 2.16. The molecule has 0 aliphatic rings. The van der Waals surface area contributed by atoms with Crippen molar-refractivity contribution in [3.05, 3.63) is 29.8 Å². The van der Waals surface area contributed by atoms with E-state index >= 15 is 0 Å². The number of aryl methyl sites for hydroxylation is 1. The van der Waals surface area contributed by atoms with Gasteiger partial charge in [0.1, 0.15) is 0 Å². The van der Waals surface area contributed by atoms with Crippen molar-refractivity contribution in [1.29, 1.82) is 0 Å². The lowest BCUT2D eigenvalue weighted by atomic mass is 9.97. The first-order valence-corrected chi connectivity index (χ1v) is 5.38. The Labute approximate surface area is 91.7 Å². The van der Waals surface area contributed by atoms with E-state index in [2.05, 4.69) is 19.2 Å². The van der Waals surface area contributed by atoms with Crippen LogP contribution in [-0.4, -0.2) is 5.91 Å². The zero-order chi connectivity index (χ0) is 11.4. The fourth-order valence-electron chi connectivity index (χ4n) is 1.20. The van der Waals surface area contributed by atoms with Crippen molar-refractivity contribution in [2.75, 3.05) is 5.32 Å². The van der Waals surface area contributed by atoms with Gasteiger partial charge in [0.25, 0.3) is 0 Å². The second kappa shape index (κ2) is 4.96. The van der Waals surface area contributed by atoms with E-state index in [1.165, 1.54) is 5.56 Å². The molecule has 15 heavy (non-hydrogen) atoms. The molecule has 0 saturated carbocycles. The van der Waals surface area contributed by atoms with Crippen LogP contribution in [0.2, 0.25) is 0 Å². The van der Waals surface area contributed by atoms with Gasteiger partial charge in [0, 0.05) is 11.6 Å². The van der Waals surface area contributed by atoms with Crippen molar-refractivity contribution >= 4 is 11.6 Å². The first kappa shape index (κ1) is 11.8. The summed E-state index contributed by atoms with van der Waals surface area (Å²) in [5, 5.41) is 2.91. The zero-order valence-corrected chi connectivity index (χ0v) is 9.87. The highest BCUT2D eigenvalue weighted by atomic mass is 16.1. The van der Waals surface area contributed by atoms with Crippen LogP contribution in [0.5, 0.6) is 0 Å². The first-order valence-electron chi connectivity index (χ1n) is 5.38. The third-order valence-electron chi connectivity index (χ3n) is 2.73. The normalized spacial score (nSPS) is 12.6. The van der Waals surface area contributed by atoms with E-state index in [0.717, 1.165) is 5.69 Å². The summed E-state index contributed by atoms with van der Waals surface area (Å²) in [6.45, 7) is 8.09. The number of carbonyl (C=O) groups excluding carboxylic acids is 1. The van der Waals surface area contributed by atoms with Crippen molar-refractivity contribution in [3.8, 4) is 0 Å². The lowest BCUT2D eigenvalue weighted by Crippen LogP contribution is -2.24. The molecule has 0 aromatic heterocycles. The molecule has 0 radical (unpaired) electrons. The number of carbonyl (C=O) groups is 1. The molecule has 1 aromatic rings. The van der Waals surface area contributed by atoms with Crippen LogP contribution in [0.4, 0.5) is 5.69 Å². The molecule has 0 aliphatic heterocycles. The second-order valence-electron chi connectivity index (χ2n) is 4.39. The number of nitrogens with one attached hydrogen (secondary N) is 1. The summed E-state index contributed by atoms with van der Waals surface area (Å²) < 4.78 is 0. The van der Waals surface area contributed by atoms with Gasteiger partial charge in [-0.2, -0.15) is 0 Å². The van der Waals surface area contributed by atoms with Crippen LogP contribution in [0.15, 0.2) is 24.3 Å². The van der Waals surface area contributed by atoms with Crippen LogP contribution in [0.1, 0.15) is 26.3 Å². The number of anilines is 1. The Morgan fingerprint density at radius 1 is 1.13 bits per heavy atom. The van der Waals surface area contributed by atoms with E-state index in [1.54, 1.807) is 0 Å². The number of rotatable bonds is 3. The Bertz CT molecular complexity index is 327. The van der Waals surface area contributed by atoms with Crippen LogP contribution < -0.4 is 5.32 Å². The lowest BCUT2D eigenvalue weighted by Gasteiger charge is -2.15. The van der Waals surface area contributed by atoms with Gasteiger partial charge in [-0.05, 0) is 25.0 Å². The molecular formula is C13H19NO. The molecular weight excluding hydrogens is 186 g/mol. The molecule has 0 heterocycles. The van der Waals surface area contributed by atoms with Crippen molar-refractivity contribution in [3.63, 3.8) is 0 Å². The number of benzene rings is 1. The minimum absolute atomic E-state index is 0.0475. The Morgan fingerprint density at radius 3 is 2.13 bits per heavy atom. The van der Waals surface area contributed by atoms with Gasteiger partial charge in [-0.3, -0.25) is 4.79 Å². The number of hydrogen-bond donors (Lipinski definition) is 1. The van der Waals surface area contributed by atoms with Crippen molar-refractivity contribution in [2.45, 2.75) is 27.7 Å². The van der Waals surface area contributed by atoms with Crippen molar-refractivity contribution < 1.29 is 4.79 Å². The maximum absolute atomic E-state index is 11.7. The average Bonchev–Trinajstić information content (AvgIpc) is 2.20. The Hall–Kier alpha value is -1.31. The number of hydrogen-bond acceptors (Lipinski definition) is 1. The lowest BCUT2D eigenvalue weighted by molar-refractivity contribution is -0.120. The SMILES string of the molecule is Cc1ccc(NC(=O)C(C)C(C)C)cc1. The molecule has 2 nitrogen and oxygen atoms in total. The van der Waals surface area contributed by atoms with E-state index in [0.29, 0.717) is 5.92 Å². The zero-order valence-electron chi connectivity index (χ0n) is 9.87. The molecule has 0 spiro atoms. The summed E-state index contributed by atoms with van der Waals surface area (Å²) in [6.07, 6.45) is 0. The van der Waals surface area contributed by atoms with E-state index in [4.69, 9.17) is 0 Å². The molecule has 1 atom stereocenters. The molecule has 1 rings (SSSR count). The van der Waals surface area contributed by atoms with Gasteiger partial charge in [0.15, 0.2) is 0 Å². The topological polar surface area (TPSA) is 29.1 Å². The average molecular weight is 205 g/mol. The van der Waals surface area contributed by atoms with Gasteiger partial charge in [-0.1, -0.05) is 38.5 Å². The molecule has 0 fully saturated rings. The molecule has 1 aromatic carbocycles. The molecule has 1 amide bonds. The van der Waals surface area contributed by atoms with Gasteiger partial charge in [-0.15, -0.1) is 0 Å². The van der Waals surface area contributed by atoms with Gasteiger partial charge in [0.05, 0.1) is 0 Å². The minimum atomic E-state index is 0.0475. The van der Waals surface area contributed by atoms with Crippen LogP contribution in [0.3, 0.4) is 0 Å². The predicted octanol–water partition coefficient (Wildman–Crippen LogP) is 3.23. The highest BCUT2D eigenvalue weighted by molar-refractivity contribution is 5.92. The molecule has 1 N–H and O–H groups in total. The largest absolute Gasteiger partial charge is 0.326 e. The summed E-state index contributed by atoms with van der Waals surface area (Å²) in [5.74, 6) is 0.510. The predicted molar refractivity (Wildman–Crippen MR) is 63.8 cm³/mol. The van der Waals surface area contributed by atoms with Gasteiger partial charge in [-0.25, -0.2) is 0 Å². The Balaban J connectivity index is 2.62. The van der Waals surface area contributed by atoms with Crippen LogP contribution in [-0.2, 0) is 4.79 Å². The highest BCUT2D eigenvalue weighted by Crippen LogP contribution is 2.14. The second-order valence-corrected chi connectivity index (χ2v) is 4.39. The Kier molecular flexibility index (Phi) is 3.89. The molecule has 1 unspecified atom stereocenters. The molecule has 0 saturated heterocycles. The van der Waals surface area contributed by atoms with Gasteiger partial charge >= 0.3 is 0 Å². The smallest absolute Gasteiger partial charge is 0.227 e.